The third-order valence-electron chi connectivity index (χ3n) is 2.87. The second kappa shape index (κ2) is 9.27. The van der Waals surface area contributed by atoms with E-state index in [1.54, 1.807) is 21.1 Å². The van der Waals surface area contributed by atoms with Gasteiger partial charge in [0, 0.05) is 40.5 Å². The number of carboxylic acid groups (broad SMARTS) is 1. The molecular weight excluding hydrogens is 236 g/mol. The summed E-state index contributed by atoms with van der Waals surface area (Å²) in [7, 11) is 3.32. The summed E-state index contributed by atoms with van der Waals surface area (Å²) in [6, 6.07) is 0. The van der Waals surface area contributed by atoms with Crippen molar-refractivity contribution in [1.29, 1.82) is 0 Å². The summed E-state index contributed by atoms with van der Waals surface area (Å²) in [5, 5.41) is 8.96. The van der Waals surface area contributed by atoms with E-state index in [2.05, 4.69) is 4.90 Å². The highest BCUT2D eigenvalue weighted by molar-refractivity contribution is 5.77. The molecule has 0 aliphatic carbocycles. The molecule has 0 bridgehead atoms. The van der Waals surface area contributed by atoms with E-state index in [9.17, 15) is 4.79 Å². The van der Waals surface area contributed by atoms with E-state index in [0.29, 0.717) is 26.2 Å². The van der Waals surface area contributed by atoms with Crippen LogP contribution in [0.2, 0.25) is 0 Å². The maximum absolute atomic E-state index is 10.9. The minimum atomic E-state index is -1.17. The molecule has 0 fully saturated rings. The van der Waals surface area contributed by atoms with Crippen LogP contribution in [0.4, 0.5) is 0 Å². The van der Waals surface area contributed by atoms with Crippen LogP contribution in [0.3, 0.4) is 0 Å². The Morgan fingerprint density at radius 2 is 1.83 bits per heavy atom. The van der Waals surface area contributed by atoms with Gasteiger partial charge in [-0.3, -0.25) is 4.79 Å². The van der Waals surface area contributed by atoms with Crippen molar-refractivity contribution >= 4 is 5.97 Å². The van der Waals surface area contributed by atoms with Crippen molar-refractivity contribution in [1.82, 2.24) is 4.90 Å². The van der Waals surface area contributed by atoms with Crippen LogP contribution in [0.15, 0.2) is 0 Å². The molecule has 0 amide bonds. The molecule has 108 valence electrons. The zero-order chi connectivity index (χ0) is 14.0. The van der Waals surface area contributed by atoms with Gasteiger partial charge in [-0.25, -0.2) is 0 Å². The molecule has 1 unspecified atom stereocenters. The molecule has 0 heterocycles. The molecule has 1 atom stereocenters. The number of nitrogens with two attached hydrogens (primary N) is 1. The summed E-state index contributed by atoms with van der Waals surface area (Å²) in [5.74, 6) is -0.967. The minimum absolute atomic E-state index is 0.416. The van der Waals surface area contributed by atoms with Crippen LogP contribution in [-0.2, 0) is 14.3 Å². The Bertz CT molecular complexity index is 234. The van der Waals surface area contributed by atoms with E-state index in [1.165, 1.54) is 0 Å². The molecule has 3 N–H and O–H groups in total. The largest absolute Gasteiger partial charge is 0.480 e. The SMILES string of the molecule is COCCCN(CCOC)CCC(C)(N)C(=O)O. The average Bonchev–Trinajstić information content (AvgIpc) is 2.32. The standard InChI is InChI=1S/C12H26N2O4/c1-12(13,11(15)16)5-7-14(8-10-18-3)6-4-9-17-2/h4-10,13H2,1-3H3,(H,15,16). The van der Waals surface area contributed by atoms with E-state index in [-0.39, 0.29) is 0 Å². The molecule has 0 radical (unpaired) electrons. The maximum atomic E-state index is 10.9. The third-order valence-corrected chi connectivity index (χ3v) is 2.87. The summed E-state index contributed by atoms with van der Waals surface area (Å²) < 4.78 is 10.0. The first kappa shape index (κ1) is 17.3. The Kier molecular flexibility index (Phi) is 8.91. The summed E-state index contributed by atoms with van der Waals surface area (Å²) in [6.07, 6.45) is 1.33. The smallest absolute Gasteiger partial charge is 0.323 e. The molecule has 0 spiro atoms. The molecule has 0 aromatic heterocycles. The Balaban J connectivity index is 4.09. The average molecular weight is 262 g/mol. The maximum Gasteiger partial charge on any atom is 0.323 e. The van der Waals surface area contributed by atoms with E-state index in [4.69, 9.17) is 20.3 Å². The van der Waals surface area contributed by atoms with Crippen molar-refractivity contribution < 1.29 is 19.4 Å². The first-order valence-corrected chi connectivity index (χ1v) is 6.16. The van der Waals surface area contributed by atoms with Crippen LogP contribution in [0.5, 0.6) is 0 Å². The lowest BCUT2D eigenvalue weighted by Gasteiger charge is -2.26. The van der Waals surface area contributed by atoms with E-state index >= 15 is 0 Å². The van der Waals surface area contributed by atoms with Crippen molar-refractivity contribution in [2.75, 3.05) is 47.1 Å². The van der Waals surface area contributed by atoms with Gasteiger partial charge in [-0.2, -0.15) is 0 Å². The Labute approximate surface area is 109 Å². The van der Waals surface area contributed by atoms with Crippen molar-refractivity contribution in [3.63, 3.8) is 0 Å². The fraction of sp³-hybridized carbons (Fsp3) is 0.917. The number of carbonyl (C=O) groups is 1. The lowest BCUT2D eigenvalue weighted by molar-refractivity contribution is -0.143. The highest BCUT2D eigenvalue weighted by Crippen LogP contribution is 2.07. The van der Waals surface area contributed by atoms with Crippen LogP contribution in [0.1, 0.15) is 19.8 Å². The highest BCUT2D eigenvalue weighted by Gasteiger charge is 2.27. The lowest BCUT2D eigenvalue weighted by atomic mass is 9.99. The fourth-order valence-electron chi connectivity index (χ4n) is 1.49. The first-order valence-electron chi connectivity index (χ1n) is 6.16. The van der Waals surface area contributed by atoms with Gasteiger partial charge in [0.05, 0.1) is 6.61 Å². The summed E-state index contributed by atoms with van der Waals surface area (Å²) in [5.41, 5.74) is 4.54. The molecule has 18 heavy (non-hydrogen) atoms. The van der Waals surface area contributed by atoms with Gasteiger partial charge in [0.15, 0.2) is 0 Å². The minimum Gasteiger partial charge on any atom is -0.480 e. The number of methoxy groups -OCH3 is 2. The van der Waals surface area contributed by atoms with Gasteiger partial charge in [-0.05, 0) is 19.8 Å². The highest BCUT2D eigenvalue weighted by atomic mass is 16.5. The molecule has 0 aliphatic rings. The van der Waals surface area contributed by atoms with Gasteiger partial charge in [0.25, 0.3) is 0 Å². The van der Waals surface area contributed by atoms with Crippen molar-refractivity contribution in [3.05, 3.63) is 0 Å². The first-order chi connectivity index (χ1) is 8.44. The van der Waals surface area contributed by atoms with Crippen LogP contribution in [-0.4, -0.2) is 68.6 Å². The van der Waals surface area contributed by atoms with Crippen molar-refractivity contribution in [3.8, 4) is 0 Å². The monoisotopic (exact) mass is 262 g/mol. The number of hydrogen-bond acceptors (Lipinski definition) is 5. The van der Waals surface area contributed by atoms with Crippen molar-refractivity contribution in [2.24, 2.45) is 5.73 Å². The summed E-state index contributed by atoms with van der Waals surface area (Å²) in [4.78, 5) is 13.1. The Morgan fingerprint density at radius 1 is 1.22 bits per heavy atom. The summed E-state index contributed by atoms with van der Waals surface area (Å²) >= 11 is 0. The molecule has 0 aromatic rings. The second-order valence-corrected chi connectivity index (χ2v) is 4.65. The van der Waals surface area contributed by atoms with E-state index in [0.717, 1.165) is 19.5 Å². The molecule has 0 aliphatic heterocycles. The zero-order valence-electron chi connectivity index (χ0n) is 11.6. The second-order valence-electron chi connectivity index (χ2n) is 4.65. The third kappa shape index (κ3) is 7.60. The Morgan fingerprint density at radius 3 is 2.33 bits per heavy atom. The Hall–Kier alpha value is -0.690. The van der Waals surface area contributed by atoms with Gasteiger partial charge in [-0.1, -0.05) is 0 Å². The molecule has 6 heteroatoms. The van der Waals surface area contributed by atoms with Gasteiger partial charge in [-0.15, -0.1) is 0 Å². The molecular formula is C12H26N2O4. The molecule has 6 nitrogen and oxygen atoms in total. The molecule has 0 rings (SSSR count). The van der Waals surface area contributed by atoms with Crippen LogP contribution < -0.4 is 5.73 Å². The van der Waals surface area contributed by atoms with Gasteiger partial charge in [0.1, 0.15) is 5.54 Å². The normalized spacial score (nSPS) is 14.7. The number of aliphatic carboxylic acids is 1. The van der Waals surface area contributed by atoms with Gasteiger partial charge < -0.3 is 25.2 Å². The van der Waals surface area contributed by atoms with Crippen LogP contribution >= 0.6 is 0 Å². The van der Waals surface area contributed by atoms with Crippen LogP contribution in [0.25, 0.3) is 0 Å². The predicted molar refractivity (Wildman–Crippen MR) is 69.7 cm³/mol. The lowest BCUT2D eigenvalue weighted by Crippen LogP contribution is -2.47. The van der Waals surface area contributed by atoms with Gasteiger partial charge >= 0.3 is 5.97 Å². The number of nitrogens with zero attached hydrogens (tertiary/aromatic N) is 1. The van der Waals surface area contributed by atoms with E-state index in [1.807, 2.05) is 0 Å². The number of hydrogen-bond donors (Lipinski definition) is 2. The van der Waals surface area contributed by atoms with Crippen molar-refractivity contribution in [2.45, 2.75) is 25.3 Å². The van der Waals surface area contributed by atoms with Gasteiger partial charge in [0.2, 0.25) is 0 Å². The predicted octanol–water partition coefficient (Wildman–Crippen LogP) is 0.163. The number of carboxylic acids is 1. The summed E-state index contributed by atoms with van der Waals surface area (Å²) in [6.45, 7) is 5.14. The van der Waals surface area contributed by atoms with Crippen LogP contribution in [0, 0.1) is 0 Å². The number of ether oxygens (including phenoxy) is 2. The topological polar surface area (TPSA) is 85.0 Å². The molecule has 0 saturated heterocycles. The zero-order valence-corrected chi connectivity index (χ0v) is 11.6. The molecule has 0 saturated carbocycles. The van der Waals surface area contributed by atoms with E-state index < -0.39 is 11.5 Å². The fourth-order valence-corrected chi connectivity index (χ4v) is 1.49. The quantitative estimate of drug-likeness (QED) is 0.516. The number of rotatable bonds is 11. The molecule has 0 aromatic carbocycles.